The summed E-state index contributed by atoms with van der Waals surface area (Å²) in [6, 6.07) is 11.9. The fraction of sp³-hybridized carbons (Fsp3) is 0.211. The van der Waals surface area contributed by atoms with Crippen LogP contribution in [0.2, 0.25) is 10.0 Å². The molecule has 0 unspecified atom stereocenters. The molecule has 0 heterocycles. The van der Waals surface area contributed by atoms with E-state index >= 15 is 0 Å². The molecule has 2 aromatic carbocycles. The summed E-state index contributed by atoms with van der Waals surface area (Å²) in [5.74, 6) is -1.52. The van der Waals surface area contributed by atoms with Crippen molar-refractivity contribution in [2.24, 2.45) is 0 Å². The van der Waals surface area contributed by atoms with Crippen molar-refractivity contribution in [2.75, 3.05) is 17.2 Å². The first-order chi connectivity index (χ1) is 12.8. The summed E-state index contributed by atoms with van der Waals surface area (Å²) in [4.78, 5) is 35.4. The van der Waals surface area contributed by atoms with Gasteiger partial charge in [-0.1, -0.05) is 35.3 Å². The number of nitrogens with one attached hydrogen (secondary N) is 2. The van der Waals surface area contributed by atoms with Gasteiger partial charge in [-0.3, -0.25) is 14.4 Å². The maximum Gasteiger partial charge on any atom is 0.306 e. The molecule has 0 atom stereocenters. The molecule has 0 bridgehead atoms. The Balaban J connectivity index is 1.71. The second-order valence-electron chi connectivity index (χ2n) is 5.75. The summed E-state index contributed by atoms with van der Waals surface area (Å²) in [7, 11) is 0. The molecule has 0 aliphatic carbocycles. The van der Waals surface area contributed by atoms with Crippen molar-refractivity contribution in [3.05, 3.63) is 58.1 Å². The monoisotopic (exact) mass is 408 g/mol. The number of anilines is 2. The minimum atomic E-state index is -0.651. The number of hydrogen-bond acceptors (Lipinski definition) is 4. The SMILES string of the molecule is Cc1cccc(NC(=O)COC(=O)CCC(=O)Nc2cc(Cl)ccc2Cl)c1. The van der Waals surface area contributed by atoms with Crippen LogP contribution in [-0.4, -0.2) is 24.4 Å². The zero-order valence-corrected chi connectivity index (χ0v) is 16.1. The van der Waals surface area contributed by atoms with Crippen LogP contribution in [0.5, 0.6) is 0 Å². The van der Waals surface area contributed by atoms with Crippen molar-refractivity contribution in [3.63, 3.8) is 0 Å². The summed E-state index contributed by atoms with van der Waals surface area (Å²) >= 11 is 11.8. The first kappa shape index (κ1) is 20.7. The van der Waals surface area contributed by atoms with E-state index in [4.69, 9.17) is 27.9 Å². The number of rotatable bonds is 7. The van der Waals surface area contributed by atoms with Gasteiger partial charge < -0.3 is 15.4 Å². The fourth-order valence-corrected chi connectivity index (χ4v) is 2.50. The van der Waals surface area contributed by atoms with Crippen LogP contribution in [0.25, 0.3) is 0 Å². The second-order valence-corrected chi connectivity index (χ2v) is 6.59. The van der Waals surface area contributed by atoms with Crippen LogP contribution in [-0.2, 0) is 19.1 Å². The molecular formula is C19H18Cl2N2O4. The normalized spacial score (nSPS) is 10.2. The Labute approximate surface area is 166 Å². The molecule has 0 aliphatic heterocycles. The third-order valence-electron chi connectivity index (χ3n) is 3.42. The number of carbonyl (C=O) groups excluding carboxylic acids is 3. The molecule has 2 rings (SSSR count). The highest BCUT2D eigenvalue weighted by Gasteiger charge is 2.12. The number of aryl methyl sites for hydroxylation is 1. The van der Waals surface area contributed by atoms with Gasteiger partial charge in [-0.25, -0.2) is 0 Å². The highest BCUT2D eigenvalue weighted by molar-refractivity contribution is 6.35. The third kappa shape index (κ3) is 7.29. The van der Waals surface area contributed by atoms with Gasteiger partial charge in [-0.15, -0.1) is 0 Å². The summed E-state index contributed by atoms with van der Waals surface area (Å²) in [6.07, 6.45) is -0.275. The smallest absolute Gasteiger partial charge is 0.306 e. The molecule has 0 saturated carbocycles. The van der Waals surface area contributed by atoms with Crippen molar-refractivity contribution < 1.29 is 19.1 Å². The van der Waals surface area contributed by atoms with Gasteiger partial charge in [0.25, 0.3) is 5.91 Å². The summed E-state index contributed by atoms with van der Waals surface area (Å²) in [5, 5.41) is 5.95. The van der Waals surface area contributed by atoms with Crippen LogP contribution in [0.4, 0.5) is 11.4 Å². The van der Waals surface area contributed by atoms with E-state index in [1.807, 2.05) is 19.1 Å². The lowest BCUT2D eigenvalue weighted by molar-refractivity contribution is -0.147. The predicted molar refractivity (Wildman–Crippen MR) is 105 cm³/mol. The zero-order valence-electron chi connectivity index (χ0n) is 14.6. The lowest BCUT2D eigenvalue weighted by Crippen LogP contribution is -2.21. The number of esters is 1. The van der Waals surface area contributed by atoms with E-state index < -0.39 is 24.4 Å². The van der Waals surface area contributed by atoms with E-state index in [9.17, 15) is 14.4 Å². The first-order valence-corrected chi connectivity index (χ1v) is 8.86. The van der Waals surface area contributed by atoms with Crippen molar-refractivity contribution in [1.29, 1.82) is 0 Å². The number of halogens is 2. The van der Waals surface area contributed by atoms with Gasteiger partial charge in [-0.2, -0.15) is 0 Å². The van der Waals surface area contributed by atoms with E-state index in [1.54, 1.807) is 24.3 Å². The van der Waals surface area contributed by atoms with Gasteiger partial charge >= 0.3 is 5.97 Å². The van der Waals surface area contributed by atoms with Gasteiger partial charge in [0.1, 0.15) is 0 Å². The molecule has 142 valence electrons. The van der Waals surface area contributed by atoms with Gasteiger partial charge in [0.2, 0.25) is 5.91 Å². The standard InChI is InChI=1S/C19H18Cl2N2O4/c1-12-3-2-4-14(9-12)22-18(25)11-27-19(26)8-7-17(24)23-16-10-13(20)5-6-15(16)21/h2-6,9-10H,7-8,11H2,1H3,(H,22,25)(H,23,24). The number of hydrogen-bond donors (Lipinski definition) is 2. The maximum atomic E-state index is 11.9. The van der Waals surface area contributed by atoms with E-state index in [2.05, 4.69) is 10.6 Å². The van der Waals surface area contributed by atoms with Gasteiger partial charge in [-0.05, 0) is 42.8 Å². The Morgan fingerprint density at radius 1 is 0.963 bits per heavy atom. The van der Waals surface area contributed by atoms with Gasteiger partial charge in [0.15, 0.2) is 6.61 Å². The third-order valence-corrected chi connectivity index (χ3v) is 3.99. The second kappa shape index (κ2) is 9.94. The number of amides is 2. The average Bonchev–Trinajstić information content (AvgIpc) is 2.61. The molecule has 0 aliphatic rings. The molecule has 0 saturated heterocycles. The minimum absolute atomic E-state index is 0.110. The number of ether oxygens (including phenoxy) is 1. The number of carbonyl (C=O) groups is 3. The number of benzene rings is 2. The molecule has 0 radical (unpaired) electrons. The molecular weight excluding hydrogens is 391 g/mol. The minimum Gasteiger partial charge on any atom is -0.456 e. The molecule has 8 heteroatoms. The van der Waals surface area contributed by atoms with Gasteiger partial charge in [0.05, 0.1) is 17.1 Å². The first-order valence-electron chi connectivity index (χ1n) is 8.10. The molecule has 2 amide bonds. The molecule has 0 aromatic heterocycles. The summed E-state index contributed by atoms with van der Waals surface area (Å²) < 4.78 is 4.87. The van der Waals surface area contributed by atoms with Crippen LogP contribution < -0.4 is 10.6 Å². The fourth-order valence-electron chi connectivity index (χ4n) is 2.16. The Morgan fingerprint density at radius 3 is 2.48 bits per heavy atom. The van der Waals surface area contributed by atoms with Crippen molar-refractivity contribution in [2.45, 2.75) is 19.8 Å². The molecule has 2 N–H and O–H groups in total. The van der Waals surface area contributed by atoms with Gasteiger partial charge in [0, 0.05) is 17.1 Å². The van der Waals surface area contributed by atoms with E-state index in [0.29, 0.717) is 21.4 Å². The quantitative estimate of drug-likeness (QED) is 0.672. The van der Waals surface area contributed by atoms with Crippen LogP contribution in [0.15, 0.2) is 42.5 Å². The lowest BCUT2D eigenvalue weighted by Gasteiger charge is -2.08. The van der Waals surface area contributed by atoms with E-state index in [-0.39, 0.29) is 12.8 Å². The van der Waals surface area contributed by atoms with Crippen LogP contribution in [0, 0.1) is 6.92 Å². The van der Waals surface area contributed by atoms with Crippen LogP contribution >= 0.6 is 23.2 Å². The molecule has 2 aromatic rings. The summed E-state index contributed by atoms with van der Waals surface area (Å²) in [5.41, 5.74) is 1.98. The molecule has 0 spiro atoms. The average molecular weight is 409 g/mol. The van der Waals surface area contributed by atoms with Crippen LogP contribution in [0.3, 0.4) is 0 Å². The lowest BCUT2D eigenvalue weighted by atomic mass is 10.2. The van der Waals surface area contributed by atoms with Crippen molar-refractivity contribution in [3.8, 4) is 0 Å². The molecule has 0 fully saturated rings. The maximum absolute atomic E-state index is 11.9. The van der Waals surface area contributed by atoms with E-state index in [0.717, 1.165) is 5.56 Å². The largest absolute Gasteiger partial charge is 0.456 e. The Morgan fingerprint density at radius 2 is 1.74 bits per heavy atom. The topological polar surface area (TPSA) is 84.5 Å². The highest BCUT2D eigenvalue weighted by atomic mass is 35.5. The van der Waals surface area contributed by atoms with Crippen molar-refractivity contribution >= 4 is 52.4 Å². The Bertz CT molecular complexity index is 855. The Hall–Kier alpha value is -2.57. The predicted octanol–water partition coefficient (Wildman–Crippen LogP) is 4.20. The van der Waals surface area contributed by atoms with E-state index in [1.165, 1.54) is 6.07 Å². The zero-order chi connectivity index (χ0) is 19.8. The molecule has 6 nitrogen and oxygen atoms in total. The summed E-state index contributed by atoms with van der Waals surface area (Å²) in [6.45, 7) is 1.48. The highest BCUT2D eigenvalue weighted by Crippen LogP contribution is 2.25. The van der Waals surface area contributed by atoms with Crippen LogP contribution in [0.1, 0.15) is 18.4 Å². The Kier molecular flexibility index (Phi) is 7.64. The van der Waals surface area contributed by atoms with Crippen molar-refractivity contribution in [1.82, 2.24) is 0 Å². The molecule has 27 heavy (non-hydrogen) atoms.